The summed E-state index contributed by atoms with van der Waals surface area (Å²) in [6.45, 7) is 0. The van der Waals surface area contributed by atoms with Gasteiger partial charge in [-0.2, -0.15) is 4.37 Å². The lowest BCUT2D eigenvalue weighted by Crippen LogP contribution is -1.86. The van der Waals surface area contributed by atoms with Crippen molar-refractivity contribution in [3.05, 3.63) is 31.2 Å². The summed E-state index contributed by atoms with van der Waals surface area (Å²) in [5.74, 6) is 0.937. The van der Waals surface area contributed by atoms with Gasteiger partial charge in [-0.1, -0.05) is 6.07 Å². The number of nitrogens with zero attached hydrogens (tertiary/aromatic N) is 2. The lowest BCUT2D eigenvalue weighted by Gasteiger charge is -1.87. The molecule has 0 bridgehead atoms. The van der Waals surface area contributed by atoms with Gasteiger partial charge < -0.3 is 0 Å². The van der Waals surface area contributed by atoms with E-state index in [1.807, 2.05) is 0 Å². The summed E-state index contributed by atoms with van der Waals surface area (Å²) in [4.78, 5) is 5.61. The summed E-state index contributed by atoms with van der Waals surface area (Å²) < 4.78 is 5.23. The molecule has 2 nitrogen and oxygen atoms in total. The smallest absolute Gasteiger partial charge is 0.173 e. The van der Waals surface area contributed by atoms with Gasteiger partial charge in [0.1, 0.15) is 5.82 Å². The van der Waals surface area contributed by atoms with Crippen LogP contribution < -0.4 is 0 Å². The summed E-state index contributed by atoms with van der Waals surface area (Å²) >= 11 is 5.40. The van der Waals surface area contributed by atoms with Crippen LogP contribution in [0.3, 0.4) is 0 Å². The Labute approximate surface area is 92.0 Å². The van der Waals surface area contributed by atoms with Gasteiger partial charge in [-0.25, -0.2) is 4.98 Å². The third-order valence-electron chi connectivity index (χ3n) is 1.36. The van der Waals surface area contributed by atoms with Crippen LogP contribution in [0, 0.1) is 3.01 Å². The Balaban J connectivity index is 2.14. The Kier molecular flexibility index (Phi) is 2.72. The first-order chi connectivity index (χ1) is 5.84. The van der Waals surface area contributed by atoms with Gasteiger partial charge in [0, 0.05) is 11.3 Å². The SMILES string of the molecule is Ic1nc(Cc2cccs2)ns1. The van der Waals surface area contributed by atoms with E-state index in [-0.39, 0.29) is 0 Å². The van der Waals surface area contributed by atoms with E-state index in [0.717, 1.165) is 15.3 Å². The number of aromatic nitrogens is 2. The van der Waals surface area contributed by atoms with Crippen molar-refractivity contribution in [2.75, 3.05) is 0 Å². The second-order valence-corrected chi connectivity index (χ2v) is 5.76. The molecule has 2 aromatic rings. The maximum absolute atomic E-state index is 4.29. The molecule has 2 aromatic heterocycles. The molecule has 5 heteroatoms. The Morgan fingerprint density at radius 1 is 1.50 bits per heavy atom. The van der Waals surface area contributed by atoms with Crippen molar-refractivity contribution >= 4 is 45.5 Å². The fourth-order valence-electron chi connectivity index (χ4n) is 0.873. The van der Waals surface area contributed by atoms with Crippen molar-refractivity contribution in [1.82, 2.24) is 9.36 Å². The predicted molar refractivity (Wildman–Crippen MR) is 59.8 cm³/mol. The fraction of sp³-hybridized carbons (Fsp3) is 0.143. The monoisotopic (exact) mass is 308 g/mol. The molecule has 0 aliphatic heterocycles. The fourth-order valence-corrected chi connectivity index (χ4v) is 2.58. The molecular weight excluding hydrogens is 303 g/mol. The van der Waals surface area contributed by atoms with E-state index >= 15 is 0 Å². The van der Waals surface area contributed by atoms with Crippen molar-refractivity contribution in [3.63, 3.8) is 0 Å². The molecule has 2 heterocycles. The van der Waals surface area contributed by atoms with Crippen LogP contribution in [-0.4, -0.2) is 9.36 Å². The third-order valence-corrected chi connectivity index (χ3v) is 3.61. The van der Waals surface area contributed by atoms with Crippen LogP contribution >= 0.6 is 45.5 Å². The minimum absolute atomic E-state index is 0.872. The van der Waals surface area contributed by atoms with Gasteiger partial charge in [-0.05, 0) is 45.6 Å². The molecule has 0 N–H and O–H groups in total. The third kappa shape index (κ3) is 2.02. The maximum atomic E-state index is 4.29. The molecule has 62 valence electrons. The highest BCUT2D eigenvalue weighted by atomic mass is 127. The van der Waals surface area contributed by atoms with E-state index in [1.54, 1.807) is 11.3 Å². The van der Waals surface area contributed by atoms with Crippen LogP contribution in [0.1, 0.15) is 10.7 Å². The Morgan fingerprint density at radius 3 is 3.00 bits per heavy atom. The molecular formula is C7H5IN2S2. The first-order valence-electron chi connectivity index (χ1n) is 3.35. The largest absolute Gasteiger partial charge is 0.213 e. The van der Waals surface area contributed by atoms with Crippen LogP contribution in [0.4, 0.5) is 0 Å². The van der Waals surface area contributed by atoms with E-state index in [2.05, 4.69) is 49.5 Å². The summed E-state index contributed by atoms with van der Waals surface area (Å²) in [5.41, 5.74) is 0. The molecule has 0 saturated heterocycles. The number of rotatable bonds is 2. The minimum atomic E-state index is 0.872. The number of halogens is 1. The maximum Gasteiger partial charge on any atom is 0.173 e. The molecule has 0 radical (unpaired) electrons. The molecule has 0 spiro atoms. The van der Waals surface area contributed by atoms with Gasteiger partial charge in [0.25, 0.3) is 0 Å². The first kappa shape index (κ1) is 8.58. The van der Waals surface area contributed by atoms with Crippen molar-refractivity contribution in [2.24, 2.45) is 0 Å². The van der Waals surface area contributed by atoms with Gasteiger partial charge >= 0.3 is 0 Å². The van der Waals surface area contributed by atoms with E-state index < -0.39 is 0 Å². The zero-order valence-electron chi connectivity index (χ0n) is 6.03. The molecule has 0 amide bonds. The topological polar surface area (TPSA) is 25.8 Å². The van der Waals surface area contributed by atoms with Gasteiger partial charge in [0.2, 0.25) is 0 Å². The Hall–Kier alpha value is -0.0100. The summed E-state index contributed by atoms with van der Waals surface area (Å²) in [6.07, 6.45) is 0.872. The minimum Gasteiger partial charge on any atom is -0.213 e. The van der Waals surface area contributed by atoms with Crippen molar-refractivity contribution in [1.29, 1.82) is 0 Å². The molecule has 0 aliphatic rings. The second kappa shape index (κ2) is 3.80. The average Bonchev–Trinajstić information content (AvgIpc) is 2.63. The van der Waals surface area contributed by atoms with Crippen LogP contribution in [0.2, 0.25) is 0 Å². The van der Waals surface area contributed by atoms with E-state index in [1.165, 1.54) is 16.4 Å². The lowest BCUT2D eigenvalue weighted by atomic mass is 10.3. The quantitative estimate of drug-likeness (QED) is 0.797. The van der Waals surface area contributed by atoms with Gasteiger partial charge in [0.15, 0.2) is 3.01 Å². The Morgan fingerprint density at radius 2 is 2.42 bits per heavy atom. The van der Waals surface area contributed by atoms with Crippen molar-refractivity contribution < 1.29 is 0 Å². The Bertz CT molecular complexity index is 355. The van der Waals surface area contributed by atoms with Gasteiger partial charge in [-0.15, -0.1) is 11.3 Å². The van der Waals surface area contributed by atoms with Gasteiger partial charge in [-0.3, -0.25) is 0 Å². The summed E-state index contributed by atoms with van der Waals surface area (Å²) in [5, 5.41) is 2.08. The van der Waals surface area contributed by atoms with Crippen molar-refractivity contribution in [2.45, 2.75) is 6.42 Å². The summed E-state index contributed by atoms with van der Waals surface area (Å²) in [7, 11) is 0. The van der Waals surface area contributed by atoms with Crippen LogP contribution in [-0.2, 0) is 6.42 Å². The molecule has 0 atom stereocenters. The standard InChI is InChI=1S/C7H5IN2S2/c8-7-9-6(10-12-7)4-5-2-1-3-11-5/h1-3H,4H2. The first-order valence-corrected chi connectivity index (χ1v) is 6.08. The van der Waals surface area contributed by atoms with Gasteiger partial charge in [0.05, 0.1) is 0 Å². The second-order valence-electron chi connectivity index (χ2n) is 2.22. The van der Waals surface area contributed by atoms with E-state index in [0.29, 0.717) is 0 Å². The molecule has 0 saturated carbocycles. The molecule has 12 heavy (non-hydrogen) atoms. The average molecular weight is 308 g/mol. The van der Waals surface area contributed by atoms with Crippen LogP contribution in [0.25, 0.3) is 0 Å². The highest BCUT2D eigenvalue weighted by Crippen LogP contribution is 2.15. The zero-order chi connectivity index (χ0) is 8.39. The zero-order valence-corrected chi connectivity index (χ0v) is 9.82. The molecule has 0 aromatic carbocycles. The number of thiophene rings is 1. The lowest BCUT2D eigenvalue weighted by molar-refractivity contribution is 1.05. The number of hydrogen-bond acceptors (Lipinski definition) is 4. The highest BCUT2D eigenvalue weighted by molar-refractivity contribution is 14.1. The predicted octanol–water partition coefficient (Wildman–Crippen LogP) is 2.80. The molecule has 0 unspecified atom stereocenters. The highest BCUT2D eigenvalue weighted by Gasteiger charge is 2.02. The molecule has 0 aliphatic carbocycles. The normalized spacial score (nSPS) is 10.4. The van der Waals surface area contributed by atoms with Crippen LogP contribution in [0.15, 0.2) is 17.5 Å². The molecule has 0 fully saturated rings. The number of hydrogen-bond donors (Lipinski definition) is 0. The van der Waals surface area contributed by atoms with Crippen LogP contribution in [0.5, 0.6) is 0 Å². The summed E-state index contributed by atoms with van der Waals surface area (Å²) in [6, 6.07) is 4.16. The van der Waals surface area contributed by atoms with E-state index in [4.69, 9.17) is 0 Å². The van der Waals surface area contributed by atoms with Crippen molar-refractivity contribution in [3.8, 4) is 0 Å². The van der Waals surface area contributed by atoms with E-state index in [9.17, 15) is 0 Å². The molecule has 2 rings (SSSR count).